The van der Waals surface area contributed by atoms with Gasteiger partial charge in [-0.3, -0.25) is 14.5 Å². The summed E-state index contributed by atoms with van der Waals surface area (Å²) in [6, 6.07) is 16.8. The molecule has 2 aromatic rings. The summed E-state index contributed by atoms with van der Waals surface area (Å²) >= 11 is 1.20. The zero-order valence-electron chi connectivity index (χ0n) is 18.2. The van der Waals surface area contributed by atoms with Crippen molar-refractivity contribution in [2.75, 3.05) is 13.7 Å². The maximum Gasteiger partial charge on any atom is 0.348 e. The van der Waals surface area contributed by atoms with Crippen molar-refractivity contribution in [1.82, 2.24) is 10.2 Å². The van der Waals surface area contributed by atoms with Gasteiger partial charge in [0.2, 0.25) is 0 Å². The topological polar surface area (TPSA) is 111 Å². The number of methoxy groups -OCH3 is 1. The molecule has 2 aromatic carbocycles. The zero-order chi connectivity index (χ0) is 24.1. The van der Waals surface area contributed by atoms with E-state index in [9.17, 15) is 19.2 Å². The first kappa shape index (κ1) is 23.4. The number of β-lactam (4-membered cyclic amide) rings is 1. The van der Waals surface area contributed by atoms with Gasteiger partial charge in [-0.05, 0) is 29.2 Å². The second-order valence-electron chi connectivity index (χ2n) is 7.50. The van der Waals surface area contributed by atoms with E-state index >= 15 is 0 Å². The zero-order valence-corrected chi connectivity index (χ0v) is 19.0. The molecule has 3 atom stereocenters. The number of fused-ring (bicyclic) bond motifs is 1. The van der Waals surface area contributed by atoms with Crippen molar-refractivity contribution in [1.29, 1.82) is 0 Å². The highest BCUT2D eigenvalue weighted by molar-refractivity contribution is 8.02. The number of benzene rings is 2. The van der Waals surface area contributed by atoms with E-state index in [-0.39, 0.29) is 13.2 Å². The van der Waals surface area contributed by atoms with Crippen LogP contribution in [0.1, 0.15) is 5.56 Å². The molecule has 0 saturated carbocycles. The van der Waals surface area contributed by atoms with Crippen LogP contribution in [0.2, 0.25) is 0 Å². The quantitative estimate of drug-likeness (QED) is 0.343. The molecule has 0 radical (unpaired) electrons. The van der Waals surface area contributed by atoms with E-state index < -0.39 is 40.7 Å². The average molecular weight is 483 g/mol. The molecule has 176 valence electrons. The predicted octanol–water partition coefficient (Wildman–Crippen LogP) is 1.63. The molecular formula is C24H22N2O7S. The van der Waals surface area contributed by atoms with Crippen LogP contribution in [0, 0.1) is 0 Å². The van der Waals surface area contributed by atoms with Gasteiger partial charge >= 0.3 is 11.9 Å². The van der Waals surface area contributed by atoms with Crippen molar-refractivity contribution >= 4 is 35.5 Å². The van der Waals surface area contributed by atoms with Crippen LogP contribution in [-0.2, 0) is 35.3 Å². The normalized spacial score (nSPS) is 22.7. The van der Waals surface area contributed by atoms with Gasteiger partial charge in [0, 0.05) is 0 Å². The number of ether oxygens (including phenoxy) is 3. The van der Waals surface area contributed by atoms with Crippen molar-refractivity contribution in [2.45, 2.75) is 23.6 Å². The fraction of sp³-hybridized carbons (Fsp3) is 0.250. The molecule has 1 unspecified atom stereocenters. The fourth-order valence-electron chi connectivity index (χ4n) is 3.70. The Morgan fingerprint density at radius 1 is 1.03 bits per heavy atom. The van der Waals surface area contributed by atoms with Crippen LogP contribution in [0.3, 0.4) is 0 Å². The van der Waals surface area contributed by atoms with Crippen LogP contribution in [0.25, 0.3) is 0 Å². The van der Waals surface area contributed by atoms with E-state index in [2.05, 4.69) is 5.32 Å². The highest BCUT2D eigenvalue weighted by Crippen LogP contribution is 2.43. The first-order valence-corrected chi connectivity index (χ1v) is 11.3. The lowest BCUT2D eigenvalue weighted by atomic mass is 9.90. The van der Waals surface area contributed by atoms with Crippen LogP contribution >= 0.6 is 11.8 Å². The van der Waals surface area contributed by atoms with Gasteiger partial charge in [0.25, 0.3) is 17.4 Å². The summed E-state index contributed by atoms with van der Waals surface area (Å²) in [6.07, 6.45) is 1.29. The smallest absolute Gasteiger partial charge is 0.348 e. The Labute approximate surface area is 200 Å². The third-order valence-corrected chi connectivity index (χ3v) is 6.46. The van der Waals surface area contributed by atoms with Crippen LogP contribution in [0.15, 0.2) is 72.1 Å². The summed E-state index contributed by atoms with van der Waals surface area (Å²) < 4.78 is 15.7. The number of hydrogen-bond acceptors (Lipinski definition) is 8. The SMILES string of the molecule is COC(=O)C1(C(=O)OCc2ccccc2)C=CS[C@@H]2[C@H](NC(=O)COc3ccccc3)C(=O)N21. The summed E-state index contributed by atoms with van der Waals surface area (Å²) in [6.45, 7) is -0.370. The first-order chi connectivity index (χ1) is 16.5. The molecule has 2 aliphatic heterocycles. The minimum Gasteiger partial charge on any atom is -0.484 e. The van der Waals surface area contributed by atoms with E-state index in [4.69, 9.17) is 14.2 Å². The van der Waals surface area contributed by atoms with E-state index in [1.54, 1.807) is 48.5 Å². The third-order valence-electron chi connectivity index (χ3n) is 5.40. The number of carbonyl (C=O) groups excluding carboxylic acids is 4. The number of amides is 2. The standard InChI is InChI=1S/C24H22N2O7S/c1-31-22(29)24(23(30)33-14-16-8-4-2-5-9-16)12-13-34-21-19(20(28)26(21)24)25-18(27)15-32-17-10-6-3-7-11-17/h2-13,19,21H,14-15H2,1H3,(H,25,27)/t19-,21-,24?/m1/s1. The molecule has 0 aliphatic carbocycles. The Bertz CT molecular complexity index is 1110. The monoisotopic (exact) mass is 482 g/mol. The van der Waals surface area contributed by atoms with E-state index in [0.29, 0.717) is 5.75 Å². The van der Waals surface area contributed by atoms with E-state index in [1.807, 2.05) is 12.1 Å². The van der Waals surface area contributed by atoms with Crippen molar-refractivity contribution < 1.29 is 33.4 Å². The number of carbonyl (C=O) groups is 4. The Kier molecular flexibility index (Phi) is 6.87. The maximum atomic E-state index is 13.1. The summed E-state index contributed by atoms with van der Waals surface area (Å²) in [5.74, 6) is -2.47. The summed E-state index contributed by atoms with van der Waals surface area (Å²) in [5, 5.41) is 3.46. The number of hydrogen-bond donors (Lipinski definition) is 1. The summed E-state index contributed by atoms with van der Waals surface area (Å²) in [7, 11) is 1.13. The van der Waals surface area contributed by atoms with E-state index in [0.717, 1.165) is 17.6 Å². The van der Waals surface area contributed by atoms with Crippen molar-refractivity contribution in [3.8, 4) is 5.75 Å². The van der Waals surface area contributed by atoms with Crippen LogP contribution in [0.5, 0.6) is 5.75 Å². The minimum atomic E-state index is -2.07. The van der Waals surface area contributed by atoms with Gasteiger partial charge in [0.1, 0.15) is 23.8 Å². The first-order valence-electron chi connectivity index (χ1n) is 10.4. The van der Waals surface area contributed by atoms with Crippen LogP contribution in [-0.4, -0.2) is 59.3 Å². The Balaban J connectivity index is 1.45. The molecule has 2 aliphatic rings. The van der Waals surface area contributed by atoms with Gasteiger partial charge in [-0.2, -0.15) is 0 Å². The van der Waals surface area contributed by atoms with Crippen LogP contribution in [0.4, 0.5) is 0 Å². The Morgan fingerprint density at radius 2 is 1.71 bits per heavy atom. The van der Waals surface area contributed by atoms with Crippen LogP contribution < -0.4 is 10.1 Å². The van der Waals surface area contributed by atoms with Crippen molar-refractivity contribution in [2.24, 2.45) is 0 Å². The molecule has 0 spiro atoms. The maximum absolute atomic E-state index is 13.1. The minimum absolute atomic E-state index is 0.0803. The third kappa shape index (κ3) is 4.36. The Morgan fingerprint density at radius 3 is 2.38 bits per heavy atom. The predicted molar refractivity (Wildman–Crippen MR) is 122 cm³/mol. The van der Waals surface area contributed by atoms with Crippen molar-refractivity contribution in [3.05, 3.63) is 77.7 Å². The Hall–Kier alpha value is -3.79. The molecule has 0 aromatic heterocycles. The highest BCUT2D eigenvalue weighted by Gasteiger charge is 2.66. The second-order valence-corrected chi connectivity index (χ2v) is 8.53. The molecule has 0 bridgehead atoms. The van der Waals surface area contributed by atoms with Gasteiger partial charge in [-0.15, -0.1) is 11.8 Å². The molecule has 1 fully saturated rings. The lowest BCUT2D eigenvalue weighted by Crippen LogP contribution is -2.79. The number of nitrogens with one attached hydrogen (secondary N) is 1. The summed E-state index contributed by atoms with van der Waals surface area (Å²) in [4.78, 5) is 52.4. The van der Waals surface area contributed by atoms with Gasteiger partial charge in [0.15, 0.2) is 6.61 Å². The lowest BCUT2D eigenvalue weighted by molar-refractivity contribution is -0.183. The van der Waals surface area contributed by atoms with E-state index in [1.165, 1.54) is 23.2 Å². The number of esters is 2. The van der Waals surface area contributed by atoms with Gasteiger partial charge < -0.3 is 19.5 Å². The summed E-state index contributed by atoms with van der Waals surface area (Å²) in [5.41, 5.74) is -1.35. The highest BCUT2D eigenvalue weighted by atomic mass is 32.2. The number of para-hydroxylation sites is 1. The largest absolute Gasteiger partial charge is 0.484 e. The van der Waals surface area contributed by atoms with Gasteiger partial charge in [-0.25, -0.2) is 9.59 Å². The van der Waals surface area contributed by atoms with Gasteiger partial charge in [0.05, 0.1) is 7.11 Å². The molecule has 10 heteroatoms. The second kappa shape index (κ2) is 10.0. The molecule has 4 rings (SSSR count). The van der Waals surface area contributed by atoms with Crippen molar-refractivity contribution in [3.63, 3.8) is 0 Å². The molecular weight excluding hydrogens is 460 g/mol. The molecule has 1 saturated heterocycles. The molecule has 9 nitrogen and oxygen atoms in total. The molecule has 34 heavy (non-hydrogen) atoms. The number of thioether (sulfide) groups is 1. The number of rotatable bonds is 8. The van der Waals surface area contributed by atoms with Gasteiger partial charge in [-0.1, -0.05) is 48.5 Å². The lowest BCUT2D eigenvalue weighted by Gasteiger charge is -2.54. The number of nitrogens with zero attached hydrogens (tertiary/aromatic N) is 1. The average Bonchev–Trinajstić information content (AvgIpc) is 2.89. The molecule has 2 amide bonds. The molecule has 2 heterocycles. The molecule has 1 N–H and O–H groups in total. The fourth-order valence-corrected chi connectivity index (χ4v) is 4.87.